The van der Waals surface area contributed by atoms with Crippen molar-refractivity contribution in [2.45, 2.75) is 32.3 Å². The Labute approximate surface area is 129 Å². The maximum Gasteiger partial charge on any atom is 0.254 e. The second kappa shape index (κ2) is 6.89. The van der Waals surface area contributed by atoms with Crippen molar-refractivity contribution >= 4 is 22.6 Å². The number of carbonyl (C=O) groups excluding carboxylic acids is 1. The number of H-pyrrole nitrogens is 1. The van der Waals surface area contributed by atoms with E-state index in [0.717, 1.165) is 48.4 Å². The molecule has 0 radical (unpaired) electrons. The van der Waals surface area contributed by atoms with Gasteiger partial charge in [-0.05, 0) is 24.6 Å². The van der Waals surface area contributed by atoms with E-state index in [1.165, 1.54) is 0 Å². The fourth-order valence-electron chi connectivity index (χ4n) is 2.56. The molecule has 1 saturated heterocycles. The number of rotatable bonds is 5. The average Bonchev–Trinajstić information content (AvgIpc) is 2.95. The van der Waals surface area contributed by atoms with Crippen molar-refractivity contribution in [1.82, 2.24) is 15.3 Å². The van der Waals surface area contributed by atoms with E-state index in [4.69, 9.17) is 4.74 Å². The molecule has 3 rings (SSSR count). The van der Waals surface area contributed by atoms with Crippen molar-refractivity contribution in [2.24, 2.45) is 0 Å². The standard InChI is InChI=1S/C16H22N4O2/c1-2-3-4-15-19-12-6-5-11(9-13(12)20-15)18-16(21)14-10-17-7-8-22-14/h5-6,9,14,17H,2-4,7-8,10H2,1H3,(H,18,21)(H,19,20)/t14-/m1/s1. The zero-order valence-electron chi connectivity index (χ0n) is 12.8. The second-order valence-corrected chi connectivity index (χ2v) is 5.57. The summed E-state index contributed by atoms with van der Waals surface area (Å²) in [6, 6.07) is 5.73. The van der Waals surface area contributed by atoms with E-state index in [0.29, 0.717) is 13.2 Å². The van der Waals surface area contributed by atoms with Crippen LogP contribution >= 0.6 is 0 Å². The number of imidazole rings is 1. The Bertz CT molecular complexity index is 647. The van der Waals surface area contributed by atoms with Crippen LogP contribution in [0.25, 0.3) is 11.0 Å². The van der Waals surface area contributed by atoms with Gasteiger partial charge in [-0.3, -0.25) is 4.79 Å². The molecule has 0 aliphatic carbocycles. The quantitative estimate of drug-likeness (QED) is 0.787. The van der Waals surface area contributed by atoms with Gasteiger partial charge in [0.25, 0.3) is 5.91 Å². The molecule has 1 fully saturated rings. The molecule has 6 heteroatoms. The molecule has 3 N–H and O–H groups in total. The van der Waals surface area contributed by atoms with E-state index in [2.05, 4.69) is 27.5 Å². The summed E-state index contributed by atoms with van der Waals surface area (Å²) >= 11 is 0. The maximum atomic E-state index is 12.1. The van der Waals surface area contributed by atoms with Gasteiger partial charge in [-0.15, -0.1) is 0 Å². The summed E-state index contributed by atoms with van der Waals surface area (Å²) in [5, 5.41) is 6.06. The van der Waals surface area contributed by atoms with Crippen LogP contribution in [0.1, 0.15) is 25.6 Å². The molecule has 22 heavy (non-hydrogen) atoms. The second-order valence-electron chi connectivity index (χ2n) is 5.57. The van der Waals surface area contributed by atoms with E-state index < -0.39 is 6.10 Å². The van der Waals surface area contributed by atoms with Gasteiger partial charge in [0.2, 0.25) is 0 Å². The van der Waals surface area contributed by atoms with Gasteiger partial charge in [0.15, 0.2) is 0 Å². The van der Waals surface area contributed by atoms with E-state index >= 15 is 0 Å². The van der Waals surface area contributed by atoms with Crippen LogP contribution < -0.4 is 10.6 Å². The largest absolute Gasteiger partial charge is 0.366 e. The number of morpholine rings is 1. The number of anilines is 1. The summed E-state index contributed by atoms with van der Waals surface area (Å²) in [7, 11) is 0. The van der Waals surface area contributed by atoms with Crippen LogP contribution in [-0.4, -0.2) is 41.7 Å². The van der Waals surface area contributed by atoms with Gasteiger partial charge in [-0.25, -0.2) is 4.98 Å². The highest BCUT2D eigenvalue weighted by Gasteiger charge is 2.21. The van der Waals surface area contributed by atoms with Gasteiger partial charge < -0.3 is 20.4 Å². The van der Waals surface area contributed by atoms with Crippen LogP contribution in [0.4, 0.5) is 5.69 Å². The number of ether oxygens (including phenoxy) is 1. The molecule has 1 aliphatic heterocycles. The molecular weight excluding hydrogens is 280 g/mol. The van der Waals surface area contributed by atoms with Crippen LogP contribution in [-0.2, 0) is 16.0 Å². The molecule has 1 aromatic heterocycles. The minimum Gasteiger partial charge on any atom is -0.366 e. The fourth-order valence-corrected chi connectivity index (χ4v) is 2.56. The van der Waals surface area contributed by atoms with Crippen molar-refractivity contribution in [3.63, 3.8) is 0 Å². The first-order chi connectivity index (χ1) is 10.8. The molecule has 6 nitrogen and oxygen atoms in total. The number of nitrogens with one attached hydrogen (secondary N) is 3. The molecule has 118 valence electrons. The van der Waals surface area contributed by atoms with Crippen LogP contribution in [0.2, 0.25) is 0 Å². The highest BCUT2D eigenvalue weighted by atomic mass is 16.5. The van der Waals surface area contributed by atoms with Gasteiger partial charge in [-0.2, -0.15) is 0 Å². The number of carbonyl (C=O) groups is 1. The Morgan fingerprint density at radius 3 is 3.18 bits per heavy atom. The summed E-state index contributed by atoms with van der Waals surface area (Å²) < 4.78 is 5.45. The Hall–Kier alpha value is -1.92. The van der Waals surface area contributed by atoms with Crippen molar-refractivity contribution in [2.75, 3.05) is 25.0 Å². The fraction of sp³-hybridized carbons (Fsp3) is 0.500. The highest BCUT2D eigenvalue weighted by Crippen LogP contribution is 2.18. The first-order valence-electron chi connectivity index (χ1n) is 7.88. The number of fused-ring (bicyclic) bond motifs is 1. The number of benzene rings is 1. The van der Waals surface area contributed by atoms with Crippen LogP contribution in [0.3, 0.4) is 0 Å². The van der Waals surface area contributed by atoms with E-state index in [-0.39, 0.29) is 5.91 Å². The third-order valence-corrected chi connectivity index (χ3v) is 3.79. The van der Waals surface area contributed by atoms with Crippen molar-refractivity contribution in [3.8, 4) is 0 Å². The lowest BCUT2D eigenvalue weighted by Crippen LogP contribution is -2.45. The smallest absolute Gasteiger partial charge is 0.254 e. The Morgan fingerprint density at radius 2 is 2.41 bits per heavy atom. The lowest BCUT2D eigenvalue weighted by Gasteiger charge is -2.22. The van der Waals surface area contributed by atoms with Gasteiger partial charge in [0, 0.05) is 25.2 Å². The first-order valence-corrected chi connectivity index (χ1v) is 7.88. The molecule has 0 saturated carbocycles. The van der Waals surface area contributed by atoms with Crippen molar-refractivity contribution in [3.05, 3.63) is 24.0 Å². The summed E-state index contributed by atoms with van der Waals surface area (Å²) in [5.74, 6) is 0.886. The minimum absolute atomic E-state index is 0.114. The number of nitrogens with zero attached hydrogens (tertiary/aromatic N) is 1. The first kappa shape index (κ1) is 15.0. The number of aryl methyl sites for hydroxylation is 1. The lowest BCUT2D eigenvalue weighted by molar-refractivity contribution is -0.128. The monoisotopic (exact) mass is 302 g/mol. The molecule has 0 spiro atoms. The Morgan fingerprint density at radius 1 is 1.50 bits per heavy atom. The zero-order valence-corrected chi connectivity index (χ0v) is 12.8. The average molecular weight is 302 g/mol. The van der Waals surface area contributed by atoms with E-state index in [1.54, 1.807) is 0 Å². The predicted molar refractivity (Wildman–Crippen MR) is 85.9 cm³/mol. The topological polar surface area (TPSA) is 79.0 Å². The SMILES string of the molecule is CCCCc1nc2ccc(NC(=O)[C@H]3CNCCO3)cc2[nH]1. The number of amides is 1. The Kier molecular flexibility index (Phi) is 4.70. The van der Waals surface area contributed by atoms with Crippen LogP contribution in [0, 0.1) is 0 Å². The molecule has 1 amide bonds. The lowest BCUT2D eigenvalue weighted by atomic mass is 10.2. The molecule has 2 aromatic rings. The number of aromatic amines is 1. The molecule has 1 atom stereocenters. The molecule has 1 aromatic carbocycles. The molecular formula is C16H22N4O2. The van der Waals surface area contributed by atoms with Gasteiger partial charge >= 0.3 is 0 Å². The van der Waals surface area contributed by atoms with Gasteiger partial charge in [0.1, 0.15) is 11.9 Å². The zero-order chi connectivity index (χ0) is 15.4. The normalized spacial score (nSPS) is 18.5. The minimum atomic E-state index is -0.425. The van der Waals surface area contributed by atoms with Gasteiger partial charge in [-0.1, -0.05) is 13.3 Å². The number of unbranched alkanes of at least 4 members (excludes halogenated alkanes) is 1. The van der Waals surface area contributed by atoms with Crippen molar-refractivity contribution in [1.29, 1.82) is 0 Å². The summed E-state index contributed by atoms with van der Waals surface area (Å²) in [5.41, 5.74) is 2.64. The predicted octanol–water partition coefficient (Wildman–Crippen LogP) is 1.83. The van der Waals surface area contributed by atoms with Crippen LogP contribution in [0.15, 0.2) is 18.2 Å². The van der Waals surface area contributed by atoms with Crippen molar-refractivity contribution < 1.29 is 9.53 Å². The number of hydrogen-bond acceptors (Lipinski definition) is 4. The van der Waals surface area contributed by atoms with E-state index in [1.807, 2.05) is 18.2 Å². The van der Waals surface area contributed by atoms with Gasteiger partial charge in [0.05, 0.1) is 17.6 Å². The van der Waals surface area contributed by atoms with Crippen LogP contribution in [0.5, 0.6) is 0 Å². The number of aromatic nitrogens is 2. The third-order valence-electron chi connectivity index (χ3n) is 3.79. The molecule has 0 bridgehead atoms. The summed E-state index contributed by atoms with van der Waals surface area (Å²) in [6.45, 7) is 4.08. The molecule has 0 unspecified atom stereocenters. The third kappa shape index (κ3) is 3.45. The summed E-state index contributed by atoms with van der Waals surface area (Å²) in [6.07, 6.45) is 2.80. The maximum absolute atomic E-state index is 12.1. The molecule has 2 heterocycles. The molecule has 1 aliphatic rings. The summed E-state index contributed by atoms with van der Waals surface area (Å²) in [4.78, 5) is 20.0. The highest BCUT2D eigenvalue weighted by molar-refractivity contribution is 5.96. The Balaban J connectivity index is 1.69. The van der Waals surface area contributed by atoms with E-state index in [9.17, 15) is 4.79 Å². The number of hydrogen-bond donors (Lipinski definition) is 3.